The van der Waals surface area contributed by atoms with E-state index in [9.17, 15) is 4.39 Å². The molecule has 0 aromatic heterocycles. The molecular formula is C16H27FN2. The molecule has 3 heteroatoms. The summed E-state index contributed by atoms with van der Waals surface area (Å²) in [5, 5.41) is 0. The highest BCUT2D eigenvalue weighted by atomic mass is 19.1. The lowest BCUT2D eigenvalue weighted by atomic mass is 10.0. The summed E-state index contributed by atoms with van der Waals surface area (Å²) in [4.78, 5) is 2.16. The fourth-order valence-corrected chi connectivity index (χ4v) is 2.51. The minimum atomic E-state index is -0.126. The number of nitrogens with two attached hydrogens (primary N) is 1. The third-order valence-electron chi connectivity index (χ3n) is 3.82. The number of benzene rings is 1. The number of hydrogen-bond acceptors (Lipinski definition) is 2. The van der Waals surface area contributed by atoms with Crippen LogP contribution in [0.5, 0.6) is 0 Å². The first-order chi connectivity index (χ1) is 9.17. The van der Waals surface area contributed by atoms with E-state index in [-0.39, 0.29) is 5.82 Å². The molecule has 0 amide bonds. The molecule has 2 nitrogen and oxygen atoms in total. The first-order valence-corrected chi connectivity index (χ1v) is 7.40. The van der Waals surface area contributed by atoms with E-state index < -0.39 is 0 Å². The molecule has 0 aliphatic heterocycles. The molecule has 0 radical (unpaired) electrons. The Hall–Kier alpha value is -1.09. The van der Waals surface area contributed by atoms with E-state index in [0.717, 1.165) is 43.6 Å². The van der Waals surface area contributed by atoms with Gasteiger partial charge in [-0.15, -0.1) is 0 Å². The fraction of sp³-hybridized carbons (Fsp3) is 0.625. The predicted octanol–water partition coefficient (Wildman–Crippen LogP) is 3.59. The Kier molecular flexibility index (Phi) is 6.85. The minimum Gasteiger partial charge on any atom is -0.369 e. The molecule has 1 aromatic rings. The lowest BCUT2D eigenvalue weighted by Crippen LogP contribution is -2.31. The molecule has 0 saturated heterocycles. The summed E-state index contributed by atoms with van der Waals surface area (Å²) in [6, 6.07) is 5.31. The lowest BCUT2D eigenvalue weighted by molar-refractivity contribution is 0.481. The van der Waals surface area contributed by atoms with Crippen LogP contribution in [0, 0.1) is 11.7 Å². The van der Waals surface area contributed by atoms with Gasteiger partial charge >= 0.3 is 0 Å². The van der Waals surface area contributed by atoms with E-state index in [1.165, 1.54) is 0 Å². The van der Waals surface area contributed by atoms with E-state index in [1.807, 2.05) is 6.07 Å². The molecule has 1 rings (SSSR count). The summed E-state index contributed by atoms with van der Waals surface area (Å²) >= 11 is 0. The lowest BCUT2D eigenvalue weighted by Gasteiger charge is -2.29. The van der Waals surface area contributed by atoms with Crippen LogP contribution in [0.25, 0.3) is 0 Å². The minimum absolute atomic E-state index is 0.126. The number of para-hydroxylation sites is 1. The standard InChI is InChI=1S/C16H27FN2/c1-4-13(5-2)12-19(6-3)16-14(10-11-18)8-7-9-15(16)17/h7-9,13H,4-6,10-12,18H2,1-3H3. The highest BCUT2D eigenvalue weighted by Crippen LogP contribution is 2.26. The Morgan fingerprint density at radius 2 is 1.89 bits per heavy atom. The Bertz CT molecular complexity index is 375. The van der Waals surface area contributed by atoms with Gasteiger partial charge in [-0.25, -0.2) is 4.39 Å². The molecule has 1 aromatic carbocycles. The molecular weight excluding hydrogens is 239 g/mol. The maximum atomic E-state index is 14.2. The van der Waals surface area contributed by atoms with Gasteiger partial charge in [0.2, 0.25) is 0 Å². The normalized spacial score (nSPS) is 11.1. The monoisotopic (exact) mass is 266 g/mol. The highest BCUT2D eigenvalue weighted by molar-refractivity contribution is 5.55. The maximum absolute atomic E-state index is 14.2. The topological polar surface area (TPSA) is 29.3 Å². The fourth-order valence-electron chi connectivity index (χ4n) is 2.51. The van der Waals surface area contributed by atoms with Crippen LogP contribution in [0.2, 0.25) is 0 Å². The van der Waals surface area contributed by atoms with Crippen molar-refractivity contribution in [1.29, 1.82) is 0 Å². The second-order valence-corrected chi connectivity index (χ2v) is 5.01. The van der Waals surface area contributed by atoms with Crippen LogP contribution in [-0.2, 0) is 6.42 Å². The molecule has 0 spiro atoms. The van der Waals surface area contributed by atoms with Gasteiger partial charge in [-0.1, -0.05) is 38.8 Å². The molecule has 0 fully saturated rings. The van der Waals surface area contributed by atoms with Gasteiger partial charge in [0, 0.05) is 13.1 Å². The van der Waals surface area contributed by atoms with Gasteiger partial charge < -0.3 is 10.6 Å². The number of anilines is 1. The molecule has 2 N–H and O–H groups in total. The first-order valence-electron chi connectivity index (χ1n) is 7.40. The van der Waals surface area contributed by atoms with Gasteiger partial charge in [0.1, 0.15) is 5.82 Å². The van der Waals surface area contributed by atoms with Gasteiger partial charge in [-0.3, -0.25) is 0 Å². The zero-order valence-electron chi connectivity index (χ0n) is 12.5. The van der Waals surface area contributed by atoms with Gasteiger partial charge in [0.25, 0.3) is 0 Å². The number of halogens is 1. The van der Waals surface area contributed by atoms with Crippen molar-refractivity contribution in [2.75, 3.05) is 24.5 Å². The quantitative estimate of drug-likeness (QED) is 0.779. The Balaban J connectivity index is 3.02. The molecule has 0 bridgehead atoms. The van der Waals surface area contributed by atoms with Gasteiger partial charge in [0.15, 0.2) is 0 Å². The smallest absolute Gasteiger partial charge is 0.146 e. The number of nitrogens with zero attached hydrogens (tertiary/aromatic N) is 1. The van der Waals surface area contributed by atoms with Crippen LogP contribution in [0.3, 0.4) is 0 Å². The Morgan fingerprint density at radius 3 is 2.42 bits per heavy atom. The summed E-state index contributed by atoms with van der Waals surface area (Å²) in [5.41, 5.74) is 7.41. The molecule has 19 heavy (non-hydrogen) atoms. The summed E-state index contributed by atoms with van der Waals surface area (Å²) in [6.07, 6.45) is 2.99. The molecule has 108 valence electrons. The van der Waals surface area contributed by atoms with Crippen molar-refractivity contribution in [3.8, 4) is 0 Å². The SMILES string of the molecule is CCC(CC)CN(CC)c1c(F)cccc1CCN. The van der Waals surface area contributed by atoms with Crippen molar-refractivity contribution >= 4 is 5.69 Å². The number of rotatable bonds is 8. The molecule has 0 aliphatic carbocycles. The van der Waals surface area contributed by atoms with Crippen molar-refractivity contribution in [3.05, 3.63) is 29.6 Å². The first kappa shape index (κ1) is 16.0. The zero-order chi connectivity index (χ0) is 14.3. The van der Waals surface area contributed by atoms with Crippen molar-refractivity contribution in [3.63, 3.8) is 0 Å². The van der Waals surface area contributed by atoms with Crippen LogP contribution in [0.15, 0.2) is 18.2 Å². The second-order valence-electron chi connectivity index (χ2n) is 5.01. The Morgan fingerprint density at radius 1 is 1.21 bits per heavy atom. The summed E-state index contributed by atoms with van der Waals surface area (Å²) in [5.74, 6) is 0.490. The maximum Gasteiger partial charge on any atom is 0.146 e. The zero-order valence-corrected chi connectivity index (χ0v) is 12.5. The third kappa shape index (κ3) is 4.20. The predicted molar refractivity (Wildman–Crippen MR) is 81.1 cm³/mol. The van der Waals surface area contributed by atoms with Crippen LogP contribution in [0.4, 0.5) is 10.1 Å². The van der Waals surface area contributed by atoms with Crippen LogP contribution >= 0.6 is 0 Å². The largest absolute Gasteiger partial charge is 0.369 e. The second kappa shape index (κ2) is 8.16. The van der Waals surface area contributed by atoms with E-state index >= 15 is 0 Å². The summed E-state index contributed by atoms with van der Waals surface area (Å²) in [7, 11) is 0. The van der Waals surface area contributed by atoms with Crippen LogP contribution in [0.1, 0.15) is 39.2 Å². The van der Waals surface area contributed by atoms with Crippen LogP contribution < -0.4 is 10.6 Å². The van der Waals surface area contributed by atoms with Gasteiger partial charge in [-0.05, 0) is 37.4 Å². The van der Waals surface area contributed by atoms with E-state index in [1.54, 1.807) is 12.1 Å². The number of hydrogen-bond donors (Lipinski definition) is 1. The molecule has 0 atom stereocenters. The van der Waals surface area contributed by atoms with E-state index in [4.69, 9.17) is 5.73 Å². The molecule has 0 unspecified atom stereocenters. The van der Waals surface area contributed by atoms with Crippen molar-refractivity contribution in [1.82, 2.24) is 0 Å². The van der Waals surface area contributed by atoms with E-state index in [0.29, 0.717) is 12.5 Å². The average Bonchev–Trinajstić information content (AvgIpc) is 2.42. The average molecular weight is 266 g/mol. The molecule has 0 saturated carbocycles. The van der Waals surface area contributed by atoms with E-state index in [2.05, 4.69) is 25.7 Å². The summed E-state index contributed by atoms with van der Waals surface area (Å²) in [6.45, 7) is 8.78. The van der Waals surface area contributed by atoms with Gasteiger partial charge in [0.05, 0.1) is 5.69 Å². The molecule has 0 heterocycles. The third-order valence-corrected chi connectivity index (χ3v) is 3.82. The van der Waals surface area contributed by atoms with Crippen molar-refractivity contribution in [2.24, 2.45) is 11.7 Å². The molecule has 0 aliphatic rings. The van der Waals surface area contributed by atoms with Crippen LogP contribution in [-0.4, -0.2) is 19.6 Å². The van der Waals surface area contributed by atoms with Crippen molar-refractivity contribution < 1.29 is 4.39 Å². The highest BCUT2D eigenvalue weighted by Gasteiger charge is 2.17. The summed E-state index contributed by atoms with van der Waals surface area (Å²) < 4.78 is 14.2. The van der Waals surface area contributed by atoms with Crippen molar-refractivity contribution in [2.45, 2.75) is 40.0 Å². The Labute approximate surface area is 116 Å². The van der Waals surface area contributed by atoms with Gasteiger partial charge in [-0.2, -0.15) is 0 Å².